The molecule has 0 bridgehead atoms. The molecule has 1 amide bonds. The molecule has 3 aromatic heterocycles. The predicted octanol–water partition coefficient (Wildman–Crippen LogP) is 3.18. The van der Waals surface area contributed by atoms with Crippen LogP contribution in [-0.4, -0.2) is 36.7 Å². The van der Waals surface area contributed by atoms with Crippen molar-refractivity contribution in [2.75, 3.05) is 6.54 Å². The van der Waals surface area contributed by atoms with E-state index in [9.17, 15) is 18.0 Å². The number of thiophene rings is 1. The Labute approximate surface area is 156 Å². The molecule has 6 nitrogen and oxygen atoms in total. The molecule has 0 fully saturated rings. The van der Waals surface area contributed by atoms with Gasteiger partial charge in [0.25, 0.3) is 0 Å². The van der Waals surface area contributed by atoms with Crippen molar-refractivity contribution in [3.8, 4) is 0 Å². The van der Waals surface area contributed by atoms with Crippen molar-refractivity contribution in [1.29, 1.82) is 0 Å². The van der Waals surface area contributed by atoms with Gasteiger partial charge < -0.3 is 14.0 Å². The fourth-order valence-electron chi connectivity index (χ4n) is 3.29. The molecule has 0 radical (unpaired) electrons. The van der Waals surface area contributed by atoms with Gasteiger partial charge in [0.1, 0.15) is 0 Å². The zero-order valence-corrected chi connectivity index (χ0v) is 15.0. The normalized spacial score (nSPS) is 15.6. The van der Waals surface area contributed by atoms with Gasteiger partial charge in [-0.2, -0.15) is 24.5 Å². The third-order valence-corrected chi connectivity index (χ3v) is 5.34. The van der Waals surface area contributed by atoms with Crippen molar-refractivity contribution in [1.82, 2.24) is 24.2 Å². The Morgan fingerprint density at radius 3 is 2.67 bits per heavy atom. The molecule has 0 spiro atoms. The molecule has 1 aliphatic rings. The van der Waals surface area contributed by atoms with E-state index in [1.807, 2.05) is 45.9 Å². The van der Waals surface area contributed by atoms with Gasteiger partial charge in [-0.3, -0.25) is 4.79 Å². The average molecular weight is 395 g/mol. The summed E-state index contributed by atoms with van der Waals surface area (Å²) < 4.78 is 41.9. The van der Waals surface area contributed by atoms with E-state index in [1.165, 1.54) is 0 Å². The van der Waals surface area contributed by atoms with Crippen LogP contribution in [0.5, 0.6) is 0 Å². The topological polar surface area (TPSA) is 56.0 Å². The molecule has 1 aliphatic heterocycles. The van der Waals surface area contributed by atoms with Gasteiger partial charge in [-0.25, -0.2) is 0 Å². The first-order valence-electron chi connectivity index (χ1n) is 8.35. The molecular formula is C17H16F3N5OS. The van der Waals surface area contributed by atoms with Crippen LogP contribution in [0.3, 0.4) is 0 Å². The molecule has 4 heterocycles. The maximum Gasteiger partial charge on any atom is 0.451 e. The number of hydrogen-bond donors (Lipinski definition) is 0. The molecule has 4 rings (SSSR count). The molecule has 0 aliphatic carbocycles. The number of halogens is 3. The Kier molecular flexibility index (Phi) is 4.50. The van der Waals surface area contributed by atoms with Crippen molar-refractivity contribution in [2.45, 2.75) is 31.7 Å². The van der Waals surface area contributed by atoms with Crippen molar-refractivity contribution < 1.29 is 18.0 Å². The predicted molar refractivity (Wildman–Crippen MR) is 91.9 cm³/mol. The average Bonchev–Trinajstić information content (AvgIpc) is 3.39. The molecule has 142 valence electrons. The zero-order chi connectivity index (χ0) is 19.0. The highest BCUT2D eigenvalue weighted by Crippen LogP contribution is 2.30. The Hall–Kier alpha value is -2.62. The lowest BCUT2D eigenvalue weighted by atomic mass is 10.1. The quantitative estimate of drug-likeness (QED) is 0.682. The number of amides is 1. The van der Waals surface area contributed by atoms with E-state index in [1.54, 1.807) is 16.2 Å². The molecule has 1 atom stereocenters. The second-order valence-corrected chi connectivity index (χ2v) is 7.09. The Balaban J connectivity index is 1.51. The lowest BCUT2D eigenvalue weighted by molar-refractivity contribution is -0.148. The molecular weight excluding hydrogens is 379 g/mol. The lowest BCUT2D eigenvalue weighted by Gasteiger charge is -2.29. The van der Waals surface area contributed by atoms with Gasteiger partial charge in [-0.15, -0.1) is 10.2 Å². The summed E-state index contributed by atoms with van der Waals surface area (Å²) >= 11 is 1.56. The van der Waals surface area contributed by atoms with E-state index < -0.39 is 12.0 Å². The maximum absolute atomic E-state index is 12.9. The minimum atomic E-state index is -4.55. The van der Waals surface area contributed by atoms with Crippen molar-refractivity contribution in [2.24, 2.45) is 0 Å². The molecule has 0 aromatic carbocycles. The summed E-state index contributed by atoms with van der Waals surface area (Å²) in [5.41, 5.74) is 1.03. The van der Waals surface area contributed by atoms with Crippen molar-refractivity contribution in [3.63, 3.8) is 0 Å². The number of carbonyl (C=O) groups excluding carboxylic acids is 1. The summed E-state index contributed by atoms with van der Waals surface area (Å²) in [4.78, 5) is 14.4. The van der Waals surface area contributed by atoms with Gasteiger partial charge in [0.2, 0.25) is 11.7 Å². The second kappa shape index (κ2) is 6.84. The molecule has 0 N–H and O–H groups in total. The van der Waals surface area contributed by atoms with E-state index >= 15 is 0 Å². The first kappa shape index (κ1) is 17.8. The Morgan fingerprint density at radius 1 is 1.22 bits per heavy atom. The molecule has 3 aromatic rings. The van der Waals surface area contributed by atoms with E-state index in [2.05, 4.69) is 10.2 Å². The van der Waals surface area contributed by atoms with Crippen molar-refractivity contribution >= 4 is 17.2 Å². The number of hydrogen-bond acceptors (Lipinski definition) is 4. The summed E-state index contributed by atoms with van der Waals surface area (Å²) in [6.07, 6.45) is -0.516. The third-order valence-electron chi connectivity index (χ3n) is 4.64. The highest BCUT2D eigenvalue weighted by molar-refractivity contribution is 7.08. The van der Waals surface area contributed by atoms with Crippen LogP contribution in [0.1, 0.15) is 29.7 Å². The molecule has 0 saturated heterocycles. The number of nitrogens with zero attached hydrogens (tertiary/aromatic N) is 5. The van der Waals surface area contributed by atoms with Gasteiger partial charge in [-0.1, -0.05) is 0 Å². The number of aromatic nitrogens is 4. The Bertz CT molecular complexity index is 883. The van der Waals surface area contributed by atoms with Crippen LogP contribution in [0.2, 0.25) is 0 Å². The smallest absolute Gasteiger partial charge is 0.346 e. The van der Waals surface area contributed by atoms with Gasteiger partial charge >= 0.3 is 6.18 Å². The number of fused-ring (bicyclic) bond motifs is 1. The summed E-state index contributed by atoms with van der Waals surface area (Å²) in [5, 5.41) is 10.8. The third kappa shape index (κ3) is 3.48. The minimum absolute atomic E-state index is 0.0317. The maximum atomic E-state index is 12.9. The molecule has 27 heavy (non-hydrogen) atoms. The van der Waals surface area contributed by atoms with Gasteiger partial charge in [-0.05, 0) is 34.5 Å². The zero-order valence-electron chi connectivity index (χ0n) is 14.1. The first-order valence-corrected chi connectivity index (χ1v) is 9.29. The van der Waals surface area contributed by atoms with Crippen LogP contribution < -0.4 is 0 Å². The summed E-state index contributed by atoms with van der Waals surface area (Å²) in [6.45, 7) is 0.272. The Morgan fingerprint density at radius 2 is 2.00 bits per heavy atom. The fourth-order valence-corrected chi connectivity index (χ4v) is 4.00. The second-order valence-electron chi connectivity index (χ2n) is 6.31. The fraction of sp³-hybridized carbons (Fsp3) is 0.353. The number of alkyl halides is 3. The summed E-state index contributed by atoms with van der Waals surface area (Å²) in [7, 11) is 0. The monoisotopic (exact) mass is 395 g/mol. The van der Waals surface area contributed by atoms with Crippen LogP contribution in [0.4, 0.5) is 13.2 Å². The minimum Gasteiger partial charge on any atom is -0.346 e. The van der Waals surface area contributed by atoms with Gasteiger partial charge in [0.15, 0.2) is 5.82 Å². The van der Waals surface area contributed by atoms with E-state index in [0.717, 1.165) is 10.1 Å². The van der Waals surface area contributed by atoms with Gasteiger partial charge in [0.05, 0.1) is 19.0 Å². The van der Waals surface area contributed by atoms with Crippen LogP contribution in [0.25, 0.3) is 0 Å². The van der Waals surface area contributed by atoms with E-state index in [-0.39, 0.29) is 43.8 Å². The highest BCUT2D eigenvalue weighted by atomic mass is 32.1. The van der Waals surface area contributed by atoms with Crippen LogP contribution >= 0.6 is 11.3 Å². The van der Waals surface area contributed by atoms with Crippen LogP contribution in [-0.2, 0) is 24.1 Å². The number of rotatable bonds is 4. The standard InChI is InChI=1S/C17H16F3N5OS/c18-17(19,20)16-22-21-14-10-24(6-7-25(14)16)15(26)9-13(12-3-8-27-11-12)23-4-1-2-5-23/h1-5,8,11,13H,6-7,9-10H2/t13-/m0/s1. The number of carbonyl (C=O) groups is 1. The van der Waals surface area contributed by atoms with E-state index in [4.69, 9.17) is 0 Å². The van der Waals surface area contributed by atoms with Gasteiger partial charge in [0, 0.05) is 25.5 Å². The molecule has 0 unspecified atom stereocenters. The first-order chi connectivity index (χ1) is 12.9. The van der Waals surface area contributed by atoms with Crippen molar-refractivity contribution in [3.05, 3.63) is 58.6 Å². The summed E-state index contributed by atoms with van der Waals surface area (Å²) in [5.74, 6) is -0.967. The molecule has 0 saturated carbocycles. The SMILES string of the molecule is O=C(C[C@@H](c1ccsc1)n1cccc1)N1CCn2c(nnc2C(F)(F)F)C1. The van der Waals surface area contributed by atoms with Crippen LogP contribution in [0, 0.1) is 0 Å². The largest absolute Gasteiger partial charge is 0.451 e. The van der Waals surface area contributed by atoms with Crippen LogP contribution in [0.15, 0.2) is 41.4 Å². The van der Waals surface area contributed by atoms with E-state index in [0.29, 0.717) is 0 Å². The lowest BCUT2D eigenvalue weighted by Crippen LogP contribution is -2.40. The summed E-state index contributed by atoms with van der Waals surface area (Å²) in [6, 6.07) is 5.62. The molecule has 10 heteroatoms. The highest BCUT2D eigenvalue weighted by Gasteiger charge is 2.40.